The quantitative estimate of drug-likeness (QED) is 0.241. The number of benzene rings is 4. The van der Waals surface area contributed by atoms with Gasteiger partial charge in [-0.25, -0.2) is 4.79 Å². The van der Waals surface area contributed by atoms with Crippen molar-refractivity contribution in [3.8, 4) is 23.0 Å². The van der Waals surface area contributed by atoms with E-state index in [1.54, 1.807) is 32.4 Å². The summed E-state index contributed by atoms with van der Waals surface area (Å²) in [6, 6.07) is 27.8. The van der Waals surface area contributed by atoms with Crippen LogP contribution in [0.5, 0.6) is 23.0 Å². The molecule has 0 bridgehead atoms. The zero-order valence-corrected chi connectivity index (χ0v) is 20.8. The van der Waals surface area contributed by atoms with E-state index >= 15 is 0 Å². The van der Waals surface area contributed by atoms with Gasteiger partial charge in [0.15, 0.2) is 0 Å². The lowest BCUT2D eigenvalue weighted by Gasteiger charge is -2.16. The molecule has 0 amide bonds. The third-order valence-electron chi connectivity index (χ3n) is 5.75. The van der Waals surface area contributed by atoms with Gasteiger partial charge >= 0.3 is 5.97 Å². The molecule has 0 atom stereocenters. The molecule has 0 unspecified atom stereocenters. The molecule has 0 aromatic heterocycles. The Balaban J connectivity index is 1.49. The summed E-state index contributed by atoms with van der Waals surface area (Å²) in [5, 5.41) is 12.5. The van der Waals surface area contributed by atoms with Crippen LogP contribution >= 0.6 is 0 Å². The molecular formula is C30H29NO6. The molecule has 2 N–H and O–H groups in total. The minimum atomic E-state index is -0.967. The first-order valence-corrected chi connectivity index (χ1v) is 11.8. The van der Waals surface area contributed by atoms with Crippen LogP contribution in [0.4, 0.5) is 5.69 Å². The summed E-state index contributed by atoms with van der Waals surface area (Å²) in [5.74, 6) is 1.96. The molecule has 0 saturated carbocycles. The van der Waals surface area contributed by atoms with Gasteiger partial charge in [0.1, 0.15) is 36.2 Å². The second-order valence-corrected chi connectivity index (χ2v) is 8.28. The van der Waals surface area contributed by atoms with Gasteiger partial charge in [-0.15, -0.1) is 0 Å². The van der Waals surface area contributed by atoms with Crippen molar-refractivity contribution in [1.29, 1.82) is 0 Å². The molecular weight excluding hydrogens is 470 g/mol. The van der Waals surface area contributed by atoms with Crippen molar-refractivity contribution in [3.05, 3.63) is 113 Å². The van der Waals surface area contributed by atoms with Crippen LogP contribution in [-0.4, -0.2) is 25.3 Å². The molecule has 7 nitrogen and oxygen atoms in total. The number of ether oxygens (including phenoxy) is 4. The fraction of sp³-hybridized carbons (Fsp3) is 0.167. The van der Waals surface area contributed by atoms with Crippen LogP contribution in [0.1, 0.15) is 27.0 Å². The zero-order valence-electron chi connectivity index (χ0n) is 20.8. The largest absolute Gasteiger partial charge is 0.497 e. The number of hydrogen-bond acceptors (Lipinski definition) is 6. The summed E-state index contributed by atoms with van der Waals surface area (Å²) in [6.45, 7) is 1.22. The molecule has 4 rings (SSSR count). The Hall–Kier alpha value is -4.65. The normalized spacial score (nSPS) is 10.4. The Morgan fingerprint density at radius 2 is 1.32 bits per heavy atom. The molecule has 0 fully saturated rings. The molecule has 4 aromatic carbocycles. The van der Waals surface area contributed by atoms with Crippen molar-refractivity contribution in [2.75, 3.05) is 19.5 Å². The van der Waals surface area contributed by atoms with E-state index in [-0.39, 0.29) is 5.56 Å². The maximum atomic E-state index is 11.3. The Morgan fingerprint density at radius 3 is 1.92 bits per heavy atom. The second-order valence-electron chi connectivity index (χ2n) is 8.28. The Kier molecular flexibility index (Phi) is 8.49. The van der Waals surface area contributed by atoms with Crippen molar-refractivity contribution in [3.63, 3.8) is 0 Å². The predicted molar refractivity (Wildman–Crippen MR) is 142 cm³/mol. The number of methoxy groups -OCH3 is 2. The molecule has 0 aliphatic heterocycles. The summed E-state index contributed by atoms with van der Waals surface area (Å²) >= 11 is 0. The number of hydrogen-bond donors (Lipinski definition) is 2. The zero-order chi connectivity index (χ0) is 26.0. The van der Waals surface area contributed by atoms with Gasteiger partial charge in [-0.3, -0.25) is 0 Å². The summed E-state index contributed by atoms with van der Waals surface area (Å²) in [7, 11) is 3.27. The van der Waals surface area contributed by atoms with Gasteiger partial charge in [0.05, 0.1) is 19.8 Å². The van der Waals surface area contributed by atoms with E-state index in [1.165, 1.54) is 0 Å². The summed E-state index contributed by atoms with van der Waals surface area (Å²) in [5.41, 5.74) is 3.86. The van der Waals surface area contributed by atoms with E-state index in [9.17, 15) is 9.90 Å². The Morgan fingerprint density at radius 1 is 0.730 bits per heavy atom. The molecule has 7 heteroatoms. The summed E-state index contributed by atoms with van der Waals surface area (Å²) < 4.78 is 22.7. The van der Waals surface area contributed by atoms with Crippen LogP contribution in [-0.2, 0) is 19.8 Å². The van der Waals surface area contributed by atoms with Gasteiger partial charge in [-0.2, -0.15) is 0 Å². The summed E-state index contributed by atoms with van der Waals surface area (Å²) in [6.07, 6.45) is 0. The average Bonchev–Trinajstić information content (AvgIpc) is 2.95. The number of carbonyl (C=O) groups is 1. The molecule has 0 radical (unpaired) electrons. The lowest BCUT2D eigenvalue weighted by molar-refractivity contribution is 0.0697. The van der Waals surface area contributed by atoms with Crippen LogP contribution in [0.3, 0.4) is 0 Å². The molecule has 0 saturated heterocycles. The fourth-order valence-electron chi connectivity index (χ4n) is 3.64. The highest BCUT2D eigenvalue weighted by Crippen LogP contribution is 2.28. The topological polar surface area (TPSA) is 86.3 Å². The lowest BCUT2D eigenvalue weighted by Crippen LogP contribution is -2.05. The predicted octanol–water partition coefficient (Wildman–Crippen LogP) is 6.17. The number of rotatable bonds is 12. The number of nitrogens with one attached hydrogen (secondary N) is 1. The number of anilines is 1. The van der Waals surface area contributed by atoms with Crippen LogP contribution < -0.4 is 24.3 Å². The highest BCUT2D eigenvalue weighted by Gasteiger charge is 2.09. The highest BCUT2D eigenvalue weighted by atomic mass is 16.5. The van der Waals surface area contributed by atoms with E-state index in [0.717, 1.165) is 28.2 Å². The molecule has 0 aliphatic carbocycles. The lowest BCUT2D eigenvalue weighted by atomic mass is 10.1. The van der Waals surface area contributed by atoms with Crippen molar-refractivity contribution in [2.24, 2.45) is 0 Å². The highest BCUT2D eigenvalue weighted by molar-refractivity contribution is 5.88. The first-order chi connectivity index (χ1) is 18.0. The van der Waals surface area contributed by atoms with Crippen molar-refractivity contribution in [1.82, 2.24) is 0 Å². The van der Waals surface area contributed by atoms with E-state index in [0.29, 0.717) is 36.9 Å². The molecule has 0 heterocycles. The first kappa shape index (κ1) is 25.4. The van der Waals surface area contributed by atoms with Gasteiger partial charge in [0.25, 0.3) is 0 Å². The smallest absolute Gasteiger partial charge is 0.335 e. The Labute approximate surface area is 216 Å². The maximum Gasteiger partial charge on any atom is 0.335 e. The fourth-order valence-corrected chi connectivity index (χ4v) is 3.64. The van der Waals surface area contributed by atoms with E-state index < -0.39 is 5.97 Å². The van der Waals surface area contributed by atoms with E-state index in [1.807, 2.05) is 72.8 Å². The van der Waals surface area contributed by atoms with Gasteiger partial charge in [-0.1, -0.05) is 30.3 Å². The minimum Gasteiger partial charge on any atom is -0.497 e. The molecule has 4 aromatic rings. The Bertz CT molecular complexity index is 1320. The first-order valence-electron chi connectivity index (χ1n) is 11.8. The standard InChI is InChI=1S/C30H29NO6/c1-34-26-11-6-21(7-12-26)19-36-28-15-10-24(18-31-25-5-3-4-23(16-25)30(32)33)29(17-28)37-20-22-8-13-27(35-2)14-9-22/h3-17,31H,18-20H2,1-2H3,(H,32,33). The second kappa shape index (κ2) is 12.4. The maximum absolute atomic E-state index is 11.3. The van der Waals surface area contributed by atoms with Crippen LogP contribution in [0, 0.1) is 0 Å². The molecule has 37 heavy (non-hydrogen) atoms. The third kappa shape index (κ3) is 7.18. The van der Waals surface area contributed by atoms with Gasteiger partial charge in [-0.05, 0) is 65.7 Å². The van der Waals surface area contributed by atoms with E-state index in [2.05, 4.69) is 5.32 Å². The SMILES string of the molecule is COc1ccc(COc2ccc(CNc3cccc(C(=O)O)c3)c(OCc3ccc(OC)cc3)c2)cc1. The molecule has 0 aliphatic rings. The van der Waals surface area contributed by atoms with Crippen LogP contribution in [0.25, 0.3) is 0 Å². The summed E-state index contributed by atoms with van der Waals surface area (Å²) in [4.78, 5) is 11.3. The van der Waals surface area contributed by atoms with Crippen LogP contribution in [0.15, 0.2) is 91.0 Å². The van der Waals surface area contributed by atoms with Crippen molar-refractivity contribution in [2.45, 2.75) is 19.8 Å². The number of carboxylic acids is 1. The van der Waals surface area contributed by atoms with Gasteiger partial charge in [0, 0.05) is 23.9 Å². The van der Waals surface area contributed by atoms with Crippen LogP contribution in [0.2, 0.25) is 0 Å². The van der Waals surface area contributed by atoms with Crippen molar-refractivity contribution >= 4 is 11.7 Å². The number of aromatic carboxylic acids is 1. The third-order valence-corrected chi connectivity index (χ3v) is 5.75. The molecule has 190 valence electrons. The monoisotopic (exact) mass is 499 g/mol. The minimum absolute atomic E-state index is 0.225. The van der Waals surface area contributed by atoms with Gasteiger partial charge in [0.2, 0.25) is 0 Å². The molecule has 0 spiro atoms. The number of carboxylic acid groups (broad SMARTS) is 1. The average molecular weight is 500 g/mol. The van der Waals surface area contributed by atoms with Gasteiger partial charge < -0.3 is 29.4 Å². The van der Waals surface area contributed by atoms with Crippen molar-refractivity contribution < 1.29 is 28.8 Å². The van der Waals surface area contributed by atoms with E-state index in [4.69, 9.17) is 18.9 Å².